The smallest absolute Gasteiger partial charge is 0.123 e. The third-order valence-electron chi connectivity index (χ3n) is 1.44. The molecule has 0 aromatic heterocycles. The summed E-state index contributed by atoms with van der Waals surface area (Å²) >= 11 is 0. The summed E-state index contributed by atoms with van der Waals surface area (Å²) in [5, 5.41) is 18.1. The lowest BCUT2D eigenvalue weighted by Crippen LogP contribution is -1.92. The van der Waals surface area contributed by atoms with Crippen LogP contribution in [0.5, 0.6) is 5.75 Å². The highest BCUT2D eigenvalue weighted by Crippen LogP contribution is 2.23. The standard InChI is InChI=1S/C8H9FO2/c1-5(10)7-4-6(9)2-3-8(7)11/h2-5,10-11H,1H3/t5-/m1/s1. The summed E-state index contributed by atoms with van der Waals surface area (Å²) in [5.74, 6) is -0.542. The van der Waals surface area contributed by atoms with E-state index in [9.17, 15) is 4.39 Å². The maximum Gasteiger partial charge on any atom is 0.123 e. The van der Waals surface area contributed by atoms with E-state index in [4.69, 9.17) is 10.2 Å². The van der Waals surface area contributed by atoms with E-state index >= 15 is 0 Å². The van der Waals surface area contributed by atoms with Gasteiger partial charge in [-0.25, -0.2) is 4.39 Å². The number of phenols is 1. The van der Waals surface area contributed by atoms with Gasteiger partial charge in [0, 0.05) is 5.56 Å². The SMILES string of the molecule is C[C@@H](O)c1cc(F)ccc1O. The average Bonchev–Trinajstić information content (AvgIpc) is 1.94. The van der Waals surface area contributed by atoms with Gasteiger partial charge >= 0.3 is 0 Å². The number of aliphatic hydroxyl groups excluding tert-OH is 1. The molecular weight excluding hydrogens is 147 g/mol. The molecule has 0 aliphatic carbocycles. The number of aliphatic hydroxyl groups is 1. The number of phenolic OH excluding ortho intramolecular Hbond substituents is 1. The predicted molar refractivity (Wildman–Crippen MR) is 38.7 cm³/mol. The molecular formula is C8H9FO2. The molecule has 2 N–H and O–H groups in total. The molecule has 2 nitrogen and oxygen atoms in total. The Hall–Kier alpha value is -1.09. The van der Waals surface area contributed by atoms with E-state index in [2.05, 4.69) is 0 Å². The molecule has 1 rings (SSSR count). The minimum absolute atomic E-state index is 0.0820. The third kappa shape index (κ3) is 1.68. The highest BCUT2D eigenvalue weighted by molar-refractivity contribution is 5.33. The summed E-state index contributed by atoms with van der Waals surface area (Å²) in [4.78, 5) is 0. The first-order valence-electron chi connectivity index (χ1n) is 3.27. The first-order chi connectivity index (χ1) is 5.11. The maximum atomic E-state index is 12.5. The number of aromatic hydroxyl groups is 1. The second kappa shape index (κ2) is 2.88. The summed E-state index contributed by atoms with van der Waals surface area (Å²) in [6.07, 6.45) is -0.842. The van der Waals surface area contributed by atoms with Gasteiger partial charge in [-0.1, -0.05) is 0 Å². The number of hydrogen-bond donors (Lipinski definition) is 2. The van der Waals surface area contributed by atoms with Crippen LogP contribution in [-0.4, -0.2) is 10.2 Å². The van der Waals surface area contributed by atoms with Gasteiger partial charge in [-0.15, -0.1) is 0 Å². The monoisotopic (exact) mass is 156 g/mol. The van der Waals surface area contributed by atoms with Crippen molar-refractivity contribution in [1.82, 2.24) is 0 Å². The number of halogens is 1. The average molecular weight is 156 g/mol. The zero-order chi connectivity index (χ0) is 8.43. The lowest BCUT2D eigenvalue weighted by Gasteiger charge is -2.06. The molecule has 11 heavy (non-hydrogen) atoms. The van der Waals surface area contributed by atoms with E-state index in [1.807, 2.05) is 0 Å². The van der Waals surface area contributed by atoms with Crippen molar-refractivity contribution in [2.24, 2.45) is 0 Å². The van der Waals surface area contributed by atoms with Crippen LogP contribution in [0.4, 0.5) is 4.39 Å². The Labute approximate surface area is 63.9 Å². The van der Waals surface area contributed by atoms with E-state index in [-0.39, 0.29) is 11.3 Å². The minimum Gasteiger partial charge on any atom is -0.508 e. The van der Waals surface area contributed by atoms with Gasteiger partial charge < -0.3 is 10.2 Å². The van der Waals surface area contributed by atoms with E-state index in [0.29, 0.717) is 0 Å². The highest BCUT2D eigenvalue weighted by Gasteiger charge is 2.07. The van der Waals surface area contributed by atoms with Crippen LogP contribution in [0, 0.1) is 5.82 Å². The predicted octanol–water partition coefficient (Wildman–Crippen LogP) is 1.58. The van der Waals surface area contributed by atoms with Crippen LogP contribution < -0.4 is 0 Å². The van der Waals surface area contributed by atoms with Crippen molar-refractivity contribution in [2.75, 3.05) is 0 Å². The van der Waals surface area contributed by atoms with Gasteiger partial charge in [0.2, 0.25) is 0 Å². The summed E-state index contributed by atoms with van der Waals surface area (Å²) in [5.41, 5.74) is 0.213. The summed E-state index contributed by atoms with van der Waals surface area (Å²) in [6, 6.07) is 3.47. The van der Waals surface area contributed by atoms with E-state index in [1.54, 1.807) is 0 Å². The Balaban J connectivity index is 3.13. The van der Waals surface area contributed by atoms with E-state index in [0.717, 1.165) is 12.1 Å². The van der Waals surface area contributed by atoms with E-state index in [1.165, 1.54) is 13.0 Å². The fourth-order valence-electron chi connectivity index (χ4n) is 0.860. The van der Waals surface area contributed by atoms with Crippen molar-refractivity contribution in [3.63, 3.8) is 0 Å². The normalized spacial score (nSPS) is 13.0. The summed E-state index contributed by atoms with van der Waals surface area (Å²) < 4.78 is 12.5. The van der Waals surface area contributed by atoms with Gasteiger partial charge in [0.25, 0.3) is 0 Å². The fourth-order valence-corrected chi connectivity index (χ4v) is 0.860. The molecule has 0 saturated carbocycles. The highest BCUT2D eigenvalue weighted by atomic mass is 19.1. The van der Waals surface area contributed by atoms with Crippen LogP contribution in [0.3, 0.4) is 0 Å². The number of hydrogen-bond acceptors (Lipinski definition) is 2. The molecule has 1 aromatic rings. The Morgan fingerprint density at radius 2 is 2.09 bits per heavy atom. The van der Waals surface area contributed by atoms with Crippen molar-refractivity contribution in [1.29, 1.82) is 0 Å². The van der Waals surface area contributed by atoms with Crippen LogP contribution in [-0.2, 0) is 0 Å². The van der Waals surface area contributed by atoms with Gasteiger partial charge in [-0.05, 0) is 25.1 Å². The lowest BCUT2D eigenvalue weighted by atomic mass is 10.1. The second-order valence-electron chi connectivity index (χ2n) is 2.38. The van der Waals surface area contributed by atoms with Gasteiger partial charge in [0.15, 0.2) is 0 Å². The van der Waals surface area contributed by atoms with Crippen molar-refractivity contribution in [3.8, 4) is 5.75 Å². The van der Waals surface area contributed by atoms with Crippen LogP contribution in [0.2, 0.25) is 0 Å². The topological polar surface area (TPSA) is 40.5 Å². The molecule has 3 heteroatoms. The Morgan fingerprint density at radius 1 is 1.45 bits per heavy atom. The summed E-state index contributed by atoms with van der Waals surface area (Å²) in [7, 11) is 0. The van der Waals surface area contributed by atoms with Gasteiger partial charge in [0.05, 0.1) is 6.10 Å². The molecule has 60 valence electrons. The lowest BCUT2D eigenvalue weighted by molar-refractivity contribution is 0.194. The number of rotatable bonds is 1. The molecule has 0 spiro atoms. The molecule has 0 aliphatic rings. The van der Waals surface area contributed by atoms with Crippen molar-refractivity contribution in [3.05, 3.63) is 29.6 Å². The Kier molecular flexibility index (Phi) is 2.10. The zero-order valence-electron chi connectivity index (χ0n) is 6.08. The van der Waals surface area contributed by atoms with Gasteiger partial charge in [-0.2, -0.15) is 0 Å². The first kappa shape index (κ1) is 8.01. The quantitative estimate of drug-likeness (QED) is 0.648. The van der Waals surface area contributed by atoms with Crippen LogP contribution in [0.15, 0.2) is 18.2 Å². The largest absolute Gasteiger partial charge is 0.508 e. The molecule has 1 atom stereocenters. The van der Waals surface area contributed by atoms with E-state index < -0.39 is 11.9 Å². The van der Waals surface area contributed by atoms with Crippen molar-refractivity contribution >= 4 is 0 Å². The molecule has 0 fully saturated rings. The fraction of sp³-hybridized carbons (Fsp3) is 0.250. The number of benzene rings is 1. The van der Waals surface area contributed by atoms with Gasteiger partial charge in [-0.3, -0.25) is 0 Å². The Bertz CT molecular complexity index is 258. The molecule has 0 aliphatic heterocycles. The molecule has 0 bridgehead atoms. The van der Waals surface area contributed by atoms with Crippen molar-refractivity contribution in [2.45, 2.75) is 13.0 Å². The summed E-state index contributed by atoms with van der Waals surface area (Å²) in [6.45, 7) is 1.47. The van der Waals surface area contributed by atoms with Crippen LogP contribution >= 0.6 is 0 Å². The minimum atomic E-state index is -0.842. The first-order valence-corrected chi connectivity index (χ1v) is 3.27. The molecule has 0 saturated heterocycles. The van der Waals surface area contributed by atoms with Gasteiger partial charge in [0.1, 0.15) is 11.6 Å². The molecule has 0 radical (unpaired) electrons. The van der Waals surface area contributed by atoms with Crippen LogP contribution in [0.25, 0.3) is 0 Å². The third-order valence-corrected chi connectivity index (χ3v) is 1.44. The maximum absolute atomic E-state index is 12.5. The molecule has 0 heterocycles. The zero-order valence-corrected chi connectivity index (χ0v) is 6.08. The second-order valence-corrected chi connectivity index (χ2v) is 2.38. The van der Waals surface area contributed by atoms with Crippen molar-refractivity contribution < 1.29 is 14.6 Å². The molecule has 0 unspecified atom stereocenters. The molecule has 0 amide bonds. The Morgan fingerprint density at radius 3 is 2.55 bits per heavy atom. The van der Waals surface area contributed by atoms with Crippen LogP contribution in [0.1, 0.15) is 18.6 Å². The molecule has 1 aromatic carbocycles.